The Morgan fingerprint density at radius 2 is 1.80 bits per heavy atom. The summed E-state index contributed by atoms with van der Waals surface area (Å²) < 4.78 is 37.3. The molecule has 0 aliphatic carbocycles. The van der Waals surface area contributed by atoms with E-state index in [2.05, 4.69) is 0 Å². The molecule has 0 radical (unpaired) electrons. The normalized spacial score (nSPS) is 11.6. The minimum absolute atomic E-state index is 0.0448. The quantitative estimate of drug-likeness (QED) is 0.744. The van der Waals surface area contributed by atoms with Gasteiger partial charge < -0.3 is 0 Å². The molecule has 0 aliphatic rings. The summed E-state index contributed by atoms with van der Waals surface area (Å²) in [5, 5.41) is 1.86. The van der Waals surface area contributed by atoms with Crippen LogP contribution < -0.4 is 0 Å². The summed E-state index contributed by atoms with van der Waals surface area (Å²) in [7, 11) is 0. The summed E-state index contributed by atoms with van der Waals surface area (Å²) in [6, 6.07) is 6.65. The average molecular weight is 298 g/mol. The molecule has 0 unspecified atom stereocenters. The third kappa shape index (κ3) is 3.28. The van der Waals surface area contributed by atoms with Gasteiger partial charge in [-0.15, -0.1) is 11.3 Å². The topological polar surface area (TPSA) is 17.1 Å². The molecule has 1 aromatic carbocycles. The van der Waals surface area contributed by atoms with Crippen molar-refractivity contribution in [3.63, 3.8) is 0 Å². The molecule has 0 bridgehead atoms. The van der Waals surface area contributed by atoms with E-state index >= 15 is 0 Å². The van der Waals surface area contributed by atoms with Crippen LogP contribution in [0.15, 0.2) is 35.7 Å². The molecule has 0 spiro atoms. The van der Waals surface area contributed by atoms with Gasteiger partial charge in [0, 0.05) is 6.42 Å². The Bertz CT molecular complexity index is 596. The Labute approximate surface area is 119 Å². The zero-order valence-corrected chi connectivity index (χ0v) is 11.6. The van der Waals surface area contributed by atoms with E-state index in [-0.39, 0.29) is 12.2 Å². The highest BCUT2D eigenvalue weighted by atomic mass is 32.1. The summed E-state index contributed by atoms with van der Waals surface area (Å²) in [6.45, 7) is 1.97. The van der Waals surface area contributed by atoms with Crippen LogP contribution in [0.5, 0.6) is 0 Å². The molecule has 5 heteroatoms. The van der Waals surface area contributed by atoms with E-state index in [0.717, 1.165) is 24.1 Å². The van der Waals surface area contributed by atoms with Crippen LogP contribution in [0.25, 0.3) is 0 Å². The van der Waals surface area contributed by atoms with E-state index in [9.17, 15) is 18.0 Å². The van der Waals surface area contributed by atoms with Crippen molar-refractivity contribution in [3.8, 4) is 0 Å². The van der Waals surface area contributed by atoms with Crippen molar-refractivity contribution in [3.05, 3.63) is 57.3 Å². The van der Waals surface area contributed by atoms with Crippen LogP contribution >= 0.6 is 11.3 Å². The fourth-order valence-electron chi connectivity index (χ4n) is 1.94. The smallest absolute Gasteiger partial charge is 0.293 e. The Hall–Kier alpha value is -1.62. The van der Waals surface area contributed by atoms with Gasteiger partial charge in [-0.1, -0.05) is 19.1 Å². The number of Topliss-reactive ketones (excluding diaryl/α,β-unsaturated/α-hetero) is 1. The van der Waals surface area contributed by atoms with Crippen molar-refractivity contribution in [2.75, 3.05) is 0 Å². The first-order valence-electron chi connectivity index (χ1n) is 6.17. The van der Waals surface area contributed by atoms with Gasteiger partial charge in [-0.2, -0.15) is 13.2 Å². The van der Waals surface area contributed by atoms with E-state index in [0.29, 0.717) is 10.4 Å². The van der Waals surface area contributed by atoms with Crippen molar-refractivity contribution < 1.29 is 18.0 Å². The van der Waals surface area contributed by atoms with Crippen molar-refractivity contribution in [2.24, 2.45) is 0 Å². The molecule has 0 amide bonds. The minimum atomic E-state index is -4.34. The lowest BCUT2D eigenvalue weighted by Crippen LogP contribution is -2.06. The van der Waals surface area contributed by atoms with Crippen LogP contribution in [0.1, 0.15) is 33.3 Å². The summed E-state index contributed by atoms with van der Waals surface area (Å²) in [5.74, 6) is -0.0448. The van der Waals surface area contributed by atoms with Crippen molar-refractivity contribution in [1.82, 2.24) is 0 Å². The fraction of sp³-hybridized carbons (Fsp3) is 0.267. The maximum atomic E-state index is 12.4. The number of carbonyl (C=O) groups excluding carboxylic acids is 1. The molecule has 0 atom stereocenters. The number of aryl methyl sites for hydroxylation is 1. The summed E-state index contributed by atoms with van der Waals surface area (Å²) in [5.41, 5.74) is 0.893. The van der Waals surface area contributed by atoms with Gasteiger partial charge in [0.15, 0.2) is 5.78 Å². The third-order valence-electron chi connectivity index (χ3n) is 3.03. The zero-order valence-electron chi connectivity index (χ0n) is 10.8. The van der Waals surface area contributed by atoms with Crippen LogP contribution in [-0.2, 0) is 19.0 Å². The molecule has 0 saturated heterocycles. The molecule has 2 rings (SSSR count). The largest absolute Gasteiger partial charge is 0.416 e. The lowest BCUT2D eigenvalue weighted by molar-refractivity contribution is -0.137. The van der Waals surface area contributed by atoms with Gasteiger partial charge >= 0.3 is 6.18 Å². The molecule has 1 heterocycles. The predicted octanol–water partition coefficient (Wildman–Crippen LogP) is 4.75. The van der Waals surface area contributed by atoms with E-state index in [1.54, 1.807) is 0 Å². The minimum Gasteiger partial charge on any atom is -0.293 e. The summed E-state index contributed by atoms with van der Waals surface area (Å²) >= 11 is 1.38. The molecule has 0 aliphatic heterocycles. The number of carbonyl (C=O) groups is 1. The fourth-order valence-corrected chi connectivity index (χ4v) is 2.87. The second-order valence-corrected chi connectivity index (χ2v) is 5.34. The van der Waals surface area contributed by atoms with E-state index in [1.807, 2.05) is 18.4 Å². The van der Waals surface area contributed by atoms with Crippen LogP contribution in [0.3, 0.4) is 0 Å². The highest BCUT2D eigenvalue weighted by molar-refractivity contribution is 7.12. The first-order chi connectivity index (χ1) is 9.41. The number of ketones is 1. The Morgan fingerprint density at radius 3 is 2.35 bits per heavy atom. The second kappa shape index (κ2) is 5.79. The van der Waals surface area contributed by atoms with Crippen LogP contribution in [0, 0.1) is 0 Å². The van der Waals surface area contributed by atoms with Crippen molar-refractivity contribution >= 4 is 17.1 Å². The van der Waals surface area contributed by atoms with Gasteiger partial charge in [0.25, 0.3) is 0 Å². The maximum absolute atomic E-state index is 12.4. The zero-order chi connectivity index (χ0) is 14.8. The standard InChI is InChI=1S/C15H13F3OS/c1-2-11-7-8-20-14(11)13(19)9-10-3-5-12(6-4-10)15(16,17)18/h3-8H,2,9H2,1H3. The Kier molecular flexibility index (Phi) is 4.28. The third-order valence-corrected chi connectivity index (χ3v) is 4.02. The lowest BCUT2D eigenvalue weighted by Gasteiger charge is -2.07. The molecule has 106 valence electrons. The number of hydrogen-bond donors (Lipinski definition) is 0. The van der Waals surface area contributed by atoms with E-state index < -0.39 is 11.7 Å². The number of thiophene rings is 1. The highest BCUT2D eigenvalue weighted by Gasteiger charge is 2.30. The van der Waals surface area contributed by atoms with Crippen molar-refractivity contribution in [2.45, 2.75) is 25.9 Å². The predicted molar refractivity (Wildman–Crippen MR) is 73.2 cm³/mol. The number of alkyl halides is 3. The van der Waals surface area contributed by atoms with Gasteiger partial charge in [0.05, 0.1) is 10.4 Å². The second-order valence-electron chi connectivity index (χ2n) is 4.42. The molecule has 0 N–H and O–H groups in total. The van der Waals surface area contributed by atoms with Gasteiger partial charge in [0.1, 0.15) is 0 Å². The number of rotatable bonds is 4. The lowest BCUT2D eigenvalue weighted by atomic mass is 10.0. The molecule has 1 aromatic heterocycles. The monoisotopic (exact) mass is 298 g/mol. The number of benzene rings is 1. The molecule has 2 aromatic rings. The highest BCUT2D eigenvalue weighted by Crippen LogP contribution is 2.29. The van der Waals surface area contributed by atoms with Gasteiger partial charge in [-0.25, -0.2) is 0 Å². The maximum Gasteiger partial charge on any atom is 0.416 e. The van der Waals surface area contributed by atoms with Crippen LogP contribution in [-0.4, -0.2) is 5.78 Å². The van der Waals surface area contributed by atoms with Gasteiger partial charge in [0.2, 0.25) is 0 Å². The number of hydrogen-bond acceptors (Lipinski definition) is 2. The van der Waals surface area contributed by atoms with Gasteiger partial charge in [-0.3, -0.25) is 4.79 Å². The molecule has 0 fully saturated rings. The molecular weight excluding hydrogens is 285 g/mol. The molecule has 20 heavy (non-hydrogen) atoms. The number of halogens is 3. The van der Waals surface area contributed by atoms with Crippen molar-refractivity contribution in [1.29, 1.82) is 0 Å². The molecule has 0 saturated carbocycles. The molecular formula is C15H13F3OS. The Morgan fingerprint density at radius 1 is 1.15 bits per heavy atom. The average Bonchev–Trinajstić information content (AvgIpc) is 2.86. The summed E-state index contributed by atoms with van der Waals surface area (Å²) in [4.78, 5) is 12.8. The Balaban J connectivity index is 2.13. The van der Waals surface area contributed by atoms with E-state index in [1.165, 1.54) is 23.5 Å². The first kappa shape index (κ1) is 14.8. The first-order valence-corrected chi connectivity index (χ1v) is 7.05. The van der Waals surface area contributed by atoms with Gasteiger partial charge in [-0.05, 0) is 41.1 Å². The van der Waals surface area contributed by atoms with Crippen LogP contribution in [0.4, 0.5) is 13.2 Å². The van der Waals surface area contributed by atoms with E-state index in [4.69, 9.17) is 0 Å². The summed E-state index contributed by atoms with van der Waals surface area (Å²) in [6.07, 6.45) is -3.44. The van der Waals surface area contributed by atoms with Crippen LogP contribution in [0.2, 0.25) is 0 Å². The SMILES string of the molecule is CCc1ccsc1C(=O)Cc1ccc(C(F)(F)F)cc1. The molecule has 1 nitrogen and oxygen atoms in total.